The normalized spacial score (nSPS) is 10.2. The molecule has 15 heavy (non-hydrogen) atoms. The smallest absolute Gasteiger partial charge is 0.348 e. The summed E-state index contributed by atoms with van der Waals surface area (Å²) >= 11 is 1.44. The van der Waals surface area contributed by atoms with Crippen LogP contribution in [0.15, 0.2) is 30.8 Å². The van der Waals surface area contributed by atoms with Gasteiger partial charge in [0.15, 0.2) is 0 Å². The highest BCUT2D eigenvalue weighted by Crippen LogP contribution is 2.32. The molecule has 0 N–H and O–H groups in total. The predicted molar refractivity (Wildman–Crippen MR) is 63.3 cm³/mol. The van der Waals surface area contributed by atoms with Gasteiger partial charge >= 0.3 is 5.97 Å². The summed E-state index contributed by atoms with van der Waals surface area (Å²) in [7, 11) is 1.39. The zero-order valence-electron chi connectivity index (χ0n) is 8.32. The van der Waals surface area contributed by atoms with Gasteiger partial charge < -0.3 is 4.74 Å². The van der Waals surface area contributed by atoms with E-state index in [-0.39, 0.29) is 5.97 Å². The lowest BCUT2D eigenvalue weighted by atomic mass is 10.1. The van der Waals surface area contributed by atoms with Crippen molar-refractivity contribution in [1.82, 2.24) is 0 Å². The van der Waals surface area contributed by atoms with Gasteiger partial charge in [-0.15, -0.1) is 11.3 Å². The molecule has 0 atom stereocenters. The molecule has 76 valence electrons. The lowest BCUT2D eigenvalue weighted by molar-refractivity contribution is 0.0606. The maximum atomic E-state index is 11.5. The number of hydrogen-bond donors (Lipinski definition) is 0. The molecule has 0 aliphatic carbocycles. The fourth-order valence-corrected chi connectivity index (χ4v) is 2.64. The molecule has 0 spiro atoms. The van der Waals surface area contributed by atoms with E-state index in [1.165, 1.54) is 18.4 Å². The van der Waals surface area contributed by atoms with E-state index in [4.69, 9.17) is 4.74 Å². The second kappa shape index (κ2) is 3.87. The highest BCUT2D eigenvalue weighted by Gasteiger charge is 2.15. The van der Waals surface area contributed by atoms with Crippen molar-refractivity contribution in [2.75, 3.05) is 7.11 Å². The highest BCUT2D eigenvalue weighted by atomic mass is 32.1. The number of benzene rings is 1. The number of esters is 1. The number of ether oxygens (including phenoxy) is 1. The first-order chi connectivity index (χ1) is 7.27. The summed E-state index contributed by atoms with van der Waals surface area (Å²) in [5, 5.41) is 1.05. The molecule has 1 aromatic heterocycles. The van der Waals surface area contributed by atoms with Crippen LogP contribution in [0.5, 0.6) is 0 Å². The predicted octanol–water partition coefficient (Wildman–Crippen LogP) is 3.33. The molecule has 0 saturated carbocycles. The Labute approximate surface area is 91.8 Å². The largest absolute Gasteiger partial charge is 0.465 e. The van der Waals surface area contributed by atoms with Crippen LogP contribution in [0.25, 0.3) is 16.2 Å². The molecular weight excluding hydrogens is 208 g/mol. The highest BCUT2D eigenvalue weighted by molar-refractivity contribution is 7.21. The summed E-state index contributed by atoms with van der Waals surface area (Å²) < 4.78 is 5.81. The Morgan fingerprint density at radius 3 is 2.87 bits per heavy atom. The molecule has 3 heteroatoms. The standard InChI is InChI=1S/C12H10O2S/c1-3-8-9-6-4-5-7-10(9)15-11(8)12(13)14-2/h3-7H,1H2,2H3. The molecule has 0 aliphatic heterocycles. The minimum absolute atomic E-state index is 0.300. The number of rotatable bonds is 2. The van der Waals surface area contributed by atoms with Gasteiger partial charge in [0, 0.05) is 15.6 Å². The Balaban J connectivity index is 2.74. The summed E-state index contributed by atoms with van der Waals surface area (Å²) in [4.78, 5) is 12.1. The third kappa shape index (κ3) is 1.55. The van der Waals surface area contributed by atoms with Crippen LogP contribution >= 0.6 is 11.3 Å². The van der Waals surface area contributed by atoms with Crippen molar-refractivity contribution in [3.05, 3.63) is 41.3 Å². The first-order valence-electron chi connectivity index (χ1n) is 4.50. The topological polar surface area (TPSA) is 26.3 Å². The molecule has 2 rings (SSSR count). The van der Waals surface area contributed by atoms with E-state index < -0.39 is 0 Å². The van der Waals surface area contributed by atoms with Gasteiger partial charge in [0.05, 0.1) is 7.11 Å². The van der Waals surface area contributed by atoms with Crippen LogP contribution in [0.2, 0.25) is 0 Å². The number of hydrogen-bond acceptors (Lipinski definition) is 3. The SMILES string of the molecule is C=Cc1c(C(=O)OC)sc2ccccc12. The van der Waals surface area contributed by atoms with Crippen LogP contribution in [-0.2, 0) is 4.74 Å². The molecule has 2 nitrogen and oxygen atoms in total. The van der Waals surface area contributed by atoms with Gasteiger partial charge in [0.2, 0.25) is 0 Å². The molecule has 0 aliphatic rings. The Kier molecular flexibility index (Phi) is 2.56. The van der Waals surface area contributed by atoms with E-state index in [0.717, 1.165) is 15.6 Å². The lowest BCUT2D eigenvalue weighted by Gasteiger charge is -1.96. The number of carbonyl (C=O) groups excluding carboxylic acids is 1. The maximum Gasteiger partial charge on any atom is 0.348 e. The van der Waals surface area contributed by atoms with E-state index >= 15 is 0 Å². The Morgan fingerprint density at radius 1 is 1.47 bits per heavy atom. The molecular formula is C12H10O2S. The van der Waals surface area contributed by atoms with Crippen LogP contribution in [0, 0.1) is 0 Å². The molecule has 0 radical (unpaired) electrons. The molecule has 0 amide bonds. The van der Waals surface area contributed by atoms with Crippen LogP contribution < -0.4 is 0 Å². The monoisotopic (exact) mass is 218 g/mol. The average molecular weight is 218 g/mol. The van der Waals surface area contributed by atoms with Crippen molar-refractivity contribution in [3.63, 3.8) is 0 Å². The van der Waals surface area contributed by atoms with E-state index in [9.17, 15) is 4.79 Å². The van der Waals surface area contributed by atoms with Gasteiger partial charge in [-0.2, -0.15) is 0 Å². The minimum Gasteiger partial charge on any atom is -0.465 e. The summed E-state index contributed by atoms with van der Waals surface area (Å²) in [6, 6.07) is 7.87. The van der Waals surface area contributed by atoms with Crippen LogP contribution in [0.4, 0.5) is 0 Å². The van der Waals surface area contributed by atoms with Crippen LogP contribution in [0.3, 0.4) is 0 Å². The second-order valence-corrected chi connectivity index (χ2v) is 4.09. The number of thiophene rings is 1. The van der Waals surface area contributed by atoms with E-state index in [1.54, 1.807) is 6.08 Å². The lowest BCUT2D eigenvalue weighted by Crippen LogP contribution is -1.99. The van der Waals surface area contributed by atoms with E-state index in [2.05, 4.69) is 6.58 Å². The maximum absolute atomic E-state index is 11.5. The summed E-state index contributed by atoms with van der Waals surface area (Å²) in [5.41, 5.74) is 0.863. The quantitative estimate of drug-likeness (QED) is 0.723. The number of carbonyl (C=O) groups is 1. The Hall–Kier alpha value is -1.61. The molecule has 1 aromatic carbocycles. The Bertz CT molecular complexity index is 525. The Morgan fingerprint density at radius 2 is 2.20 bits per heavy atom. The fraction of sp³-hybridized carbons (Fsp3) is 0.0833. The zero-order valence-corrected chi connectivity index (χ0v) is 9.14. The molecule has 2 aromatic rings. The van der Waals surface area contributed by atoms with Gasteiger partial charge in [-0.05, 0) is 6.07 Å². The zero-order chi connectivity index (χ0) is 10.8. The summed E-state index contributed by atoms with van der Waals surface area (Å²) in [6.07, 6.45) is 1.70. The van der Waals surface area contributed by atoms with Crippen molar-refractivity contribution in [1.29, 1.82) is 0 Å². The summed E-state index contributed by atoms with van der Waals surface area (Å²) in [5.74, 6) is -0.300. The first-order valence-corrected chi connectivity index (χ1v) is 5.32. The number of fused-ring (bicyclic) bond motifs is 1. The molecule has 0 bridgehead atoms. The minimum atomic E-state index is -0.300. The van der Waals surface area contributed by atoms with Gasteiger partial charge in [0.1, 0.15) is 4.88 Å². The molecule has 0 fully saturated rings. The van der Waals surface area contributed by atoms with Crippen LogP contribution in [-0.4, -0.2) is 13.1 Å². The van der Waals surface area contributed by atoms with Crippen molar-refractivity contribution >= 4 is 33.5 Å². The van der Waals surface area contributed by atoms with Gasteiger partial charge in [0.25, 0.3) is 0 Å². The first kappa shape index (κ1) is 9.93. The van der Waals surface area contributed by atoms with Crippen molar-refractivity contribution < 1.29 is 9.53 Å². The molecule has 0 saturated heterocycles. The molecule has 1 heterocycles. The van der Waals surface area contributed by atoms with Crippen molar-refractivity contribution in [2.45, 2.75) is 0 Å². The van der Waals surface area contributed by atoms with Crippen molar-refractivity contribution in [2.24, 2.45) is 0 Å². The van der Waals surface area contributed by atoms with E-state index in [0.29, 0.717) is 4.88 Å². The third-order valence-electron chi connectivity index (χ3n) is 2.21. The van der Waals surface area contributed by atoms with Crippen molar-refractivity contribution in [3.8, 4) is 0 Å². The van der Waals surface area contributed by atoms with Crippen LogP contribution in [0.1, 0.15) is 15.2 Å². The summed E-state index contributed by atoms with van der Waals surface area (Å²) in [6.45, 7) is 3.73. The van der Waals surface area contributed by atoms with Gasteiger partial charge in [-0.3, -0.25) is 0 Å². The second-order valence-electron chi connectivity index (χ2n) is 3.04. The van der Waals surface area contributed by atoms with Gasteiger partial charge in [-0.25, -0.2) is 4.79 Å². The number of methoxy groups -OCH3 is 1. The fourth-order valence-electron chi connectivity index (χ4n) is 1.51. The van der Waals surface area contributed by atoms with Gasteiger partial charge in [-0.1, -0.05) is 30.9 Å². The average Bonchev–Trinajstić information content (AvgIpc) is 2.66. The van der Waals surface area contributed by atoms with E-state index in [1.807, 2.05) is 24.3 Å². The third-order valence-corrected chi connectivity index (χ3v) is 3.38. The molecule has 0 unspecified atom stereocenters.